The van der Waals surface area contributed by atoms with Crippen molar-refractivity contribution in [2.75, 3.05) is 0 Å². The third-order valence-electron chi connectivity index (χ3n) is 3.71. The Balaban J connectivity index is 2.34. The molecule has 2 N–H and O–H groups in total. The van der Waals surface area contributed by atoms with Gasteiger partial charge in [0.15, 0.2) is 0 Å². The second kappa shape index (κ2) is 4.67. The largest absolute Gasteiger partial charge is 0.321 e. The third kappa shape index (κ3) is 2.29. The lowest BCUT2D eigenvalue weighted by atomic mass is 9.79. The molecule has 0 radical (unpaired) electrons. The smallest absolute Gasteiger partial charge is 0.0467 e. The van der Waals surface area contributed by atoms with Crippen LogP contribution < -0.4 is 5.73 Å². The van der Waals surface area contributed by atoms with E-state index in [4.69, 9.17) is 17.3 Å². The van der Waals surface area contributed by atoms with Crippen LogP contribution in [-0.2, 0) is 5.54 Å². The van der Waals surface area contributed by atoms with E-state index in [0.717, 1.165) is 15.1 Å². The number of rotatable bonds is 2. The van der Waals surface area contributed by atoms with Crippen LogP contribution in [0.25, 0.3) is 0 Å². The summed E-state index contributed by atoms with van der Waals surface area (Å²) in [5.41, 5.74) is 7.27. The maximum absolute atomic E-state index is 6.49. The zero-order chi connectivity index (χ0) is 11.8. The van der Waals surface area contributed by atoms with Gasteiger partial charge in [0.05, 0.1) is 0 Å². The first kappa shape index (κ1) is 12.4. The monoisotopic (exact) mass is 301 g/mol. The zero-order valence-corrected chi connectivity index (χ0v) is 11.8. The summed E-state index contributed by atoms with van der Waals surface area (Å²) in [6, 6.07) is 5.99. The molecule has 0 bridgehead atoms. The number of benzene rings is 1. The van der Waals surface area contributed by atoms with E-state index in [2.05, 4.69) is 22.9 Å². The first-order valence-corrected chi connectivity index (χ1v) is 6.93. The fraction of sp³-hybridized carbons (Fsp3) is 0.538. The molecule has 0 aliphatic heterocycles. The van der Waals surface area contributed by atoms with Crippen molar-refractivity contribution >= 4 is 27.5 Å². The van der Waals surface area contributed by atoms with Crippen LogP contribution in [0.3, 0.4) is 0 Å². The summed E-state index contributed by atoms with van der Waals surface area (Å²) >= 11 is 9.70. The Kier molecular flexibility index (Phi) is 3.62. The number of halogens is 2. The minimum Gasteiger partial charge on any atom is -0.321 e. The SMILES string of the molecule is CC(N)(c1ccc(Br)cc1Cl)C1CCCC1. The van der Waals surface area contributed by atoms with Gasteiger partial charge in [-0.15, -0.1) is 0 Å². The first-order chi connectivity index (χ1) is 7.51. The fourth-order valence-electron chi connectivity index (χ4n) is 2.67. The number of hydrogen-bond donors (Lipinski definition) is 1. The van der Waals surface area contributed by atoms with Crippen LogP contribution in [0, 0.1) is 5.92 Å². The standard InChI is InChI=1S/C13H17BrClN/c1-13(16,9-4-2-3-5-9)11-7-6-10(14)8-12(11)15/h6-9H,2-5,16H2,1H3. The summed E-state index contributed by atoms with van der Waals surface area (Å²) in [4.78, 5) is 0. The lowest BCUT2D eigenvalue weighted by molar-refractivity contribution is 0.307. The summed E-state index contributed by atoms with van der Waals surface area (Å²) in [7, 11) is 0. The molecule has 88 valence electrons. The van der Waals surface area contributed by atoms with Crippen molar-refractivity contribution in [3.8, 4) is 0 Å². The van der Waals surface area contributed by atoms with Crippen LogP contribution in [0.1, 0.15) is 38.2 Å². The molecule has 0 amide bonds. The molecule has 1 fully saturated rings. The molecule has 3 heteroatoms. The van der Waals surface area contributed by atoms with Gasteiger partial charge in [-0.05, 0) is 43.4 Å². The molecule has 1 aromatic carbocycles. The molecule has 1 aliphatic carbocycles. The van der Waals surface area contributed by atoms with E-state index < -0.39 is 0 Å². The normalized spacial score (nSPS) is 21.0. The van der Waals surface area contributed by atoms with E-state index in [9.17, 15) is 0 Å². The Morgan fingerprint density at radius 2 is 2.00 bits per heavy atom. The maximum Gasteiger partial charge on any atom is 0.0467 e. The molecule has 0 heterocycles. The van der Waals surface area contributed by atoms with Gasteiger partial charge in [0, 0.05) is 15.0 Å². The van der Waals surface area contributed by atoms with Crippen molar-refractivity contribution < 1.29 is 0 Å². The van der Waals surface area contributed by atoms with Crippen LogP contribution in [0.2, 0.25) is 5.02 Å². The summed E-state index contributed by atoms with van der Waals surface area (Å²) in [6.45, 7) is 2.11. The van der Waals surface area contributed by atoms with Crippen LogP contribution in [0.4, 0.5) is 0 Å². The topological polar surface area (TPSA) is 26.0 Å². The van der Waals surface area contributed by atoms with Crippen molar-refractivity contribution in [2.45, 2.75) is 38.1 Å². The predicted octanol–water partition coefficient (Wildman–Crippen LogP) is 4.47. The van der Waals surface area contributed by atoms with Crippen molar-refractivity contribution in [1.29, 1.82) is 0 Å². The number of hydrogen-bond acceptors (Lipinski definition) is 1. The quantitative estimate of drug-likeness (QED) is 0.857. The Morgan fingerprint density at radius 3 is 2.56 bits per heavy atom. The van der Waals surface area contributed by atoms with Crippen LogP contribution in [0.5, 0.6) is 0 Å². The van der Waals surface area contributed by atoms with Crippen LogP contribution >= 0.6 is 27.5 Å². The molecule has 0 saturated heterocycles. The van der Waals surface area contributed by atoms with Crippen molar-refractivity contribution in [3.63, 3.8) is 0 Å². The molecule has 1 aromatic rings. The lowest BCUT2D eigenvalue weighted by Crippen LogP contribution is -2.40. The van der Waals surface area contributed by atoms with E-state index >= 15 is 0 Å². The maximum atomic E-state index is 6.49. The highest BCUT2D eigenvalue weighted by molar-refractivity contribution is 9.10. The number of nitrogens with two attached hydrogens (primary N) is 1. The van der Waals surface area contributed by atoms with E-state index in [1.165, 1.54) is 25.7 Å². The molecule has 0 spiro atoms. The Bertz CT molecular complexity index is 384. The van der Waals surface area contributed by atoms with Gasteiger partial charge in [-0.2, -0.15) is 0 Å². The molecule has 1 atom stereocenters. The van der Waals surface area contributed by atoms with Gasteiger partial charge >= 0.3 is 0 Å². The van der Waals surface area contributed by atoms with Crippen molar-refractivity contribution in [1.82, 2.24) is 0 Å². The molecule has 1 aliphatic rings. The van der Waals surface area contributed by atoms with E-state index in [1.807, 2.05) is 18.2 Å². The molecule has 1 saturated carbocycles. The molecule has 16 heavy (non-hydrogen) atoms. The lowest BCUT2D eigenvalue weighted by Gasteiger charge is -2.33. The van der Waals surface area contributed by atoms with Crippen molar-refractivity contribution in [2.24, 2.45) is 11.7 Å². The van der Waals surface area contributed by atoms with Gasteiger partial charge in [0.1, 0.15) is 0 Å². The summed E-state index contributed by atoms with van der Waals surface area (Å²) < 4.78 is 1.00. The molecular weight excluding hydrogens is 286 g/mol. The zero-order valence-electron chi connectivity index (χ0n) is 9.47. The third-order valence-corrected chi connectivity index (χ3v) is 4.52. The molecule has 1 nitrogen and oxygen atoms in total. The van der Waals surface area contributed by atoms with Gasteiger partial charge in [-0.1, -0.05) is 46.4 Å². The van der Waals surface area contributed by atoms with Gasteiger partial charge < -0.3 is 5.73 Å². The summed E-state index contributed by atoms with van der Waals surface area (Å²) in [6.07, 6.45) is 5.04. The Hall–Kier alpha value is -0.0500. The van der Waals surface area contributed by atoms with Crippen LogP contribution in [0.15, 0.2) is 22.7 Å². The van der Waals surface area contributed by atoms with E-state index in [-0.39, 0.29) is 5.54 Å². The summed E-state index contributed by atoms with van der Waals surface area (Å²) in [5.74, 6) is 0.561. The first-order valence-electron chi connectivity index (χ1n) is 5.76. The van der Waals surface area contributed by atoms with Crippen LogP contribution in [-0.4, -0.2) is 0 Å². The second-order valence-corrected chi connectivity index (χ2v) is 6.21. The average molecular weight is 303 g/mol. The summed E-state index contributed by atoms with van der Waals surface area (Å²) in [5, 5.41) is 0.770. The Morgan fingerprint density at radius 1 is 1.38 bits per heavy atom. The van der Waals surface area contributed by atoms with Gasteiger partial charge in [-0.3, -0.25) is 0 Å². The highest BCUT2D eigenvalue weighted by Gasteiger charge is 2.35. The van der Waals surface area contributed by atoms with E-state index in [1.54, 1.807) is 0 Å². The minimum atomic E-state index is -0.297. The molecule has 0 aromatic heterocycles. The highest BCUT2D eigenvalue weighted by atomic mass is 79.9. The van der Waals surface area contributed by atoms with Gasteiger partial charge in [0.2, 0.25) is 0 Å². The second-order valence-electron chi connectivity index (χ2n) is 4.89. The van der Waals surface area contributed by atoms with Gasteiger partial charge in [-0.25, -0.2) is 0 Å². The minimum absolute atomic E-state index is 0.297. The highest BCUT2D eigenvalue weighted by Crippen LogP contribution is 2.41. The predicted molar refractivity (Wildman–Crippen MR) is 72.6 cm³/mol. The fourth-order valence-corrected chi connectivity index (χ4v) is 3.55. The molecule has 1 unspecified atom stereocenters. The van der Waals surface area contributed by atoms with E-state index in [0.29, 0.717) is 5.92 Å². The van der Waals surface area contributed by atoms with Crippen molar-refractivity contribution in [3.05, 3.63) is 33.3 Å². The average Bonchev–Trinajstić information content (AvgIpc) is 2.69. The Labute approximate surface area is 110 Å². The van der Waals surface area contributed by atoms with Gasteiger partial charge in [0.25, 0.3) is 0 Å². The molecular formula is C13H17BrClN. The molecule has 2 rings (SSSR count).